The van der Waals surface area contributed by atoms with Gasteiger partial charge in [0.2, 0.25) is 0 Å². The number of nitrogens with zero attached hydrogens (tertiary/aromatic N) is 3. The molecule has 2 heterocycles. The summed E-state index contributed by atoms with van der Waals surface area (Å²) < 4.78 is 0. The van der Waals surface area contributed by atoms with Crippen LogP contribution >= 0.6 is 0 Å². The number of carbonyl (C=O) groups is 3. The van der Waals surface area contributed by atoms with Crippen LogP contribution < -0.4 is 4.90 Å². The van der Waals surface area contributed by atoms with Gasteiger partial charge >= 0.3 is 0 Å². The molecule has 2 aliphatic rings. The average Bonchev–Trinajstić information content (AvgIpc) is 2.85. The first-order chi connectivity index (χ1) is 15.6. The fourth-order valence-corrected chi connectivity index (χ4v) is 4.62. The maximum absolute atomic E-state index is 12.9. The van der Waals surface area contributed by atoms with Crippen molar-refractivity contribution in [2.75, 3.05) is 44.2 Å². The smallest absolute Gasteiger partial charge is 0.261 e. The van der Waals surface area contributed by atoms with Gasteiger partial charge in [0.1, 0.15) is 0 Å². The third-order valence-corrected chi connectivity index (χ3v) is 6.22. The Kier molecular flexibility index (Phi) is 5.11. The molecule has 7 nitrogen and oxygen atoms in total. The molecule has 0 atom stereocenters. The molecular formula is C25H23N3O4. The van der Waals surface area contributed by atoms with Gasteiger partial charge in [0, 0.05) is 59.3 Å². The van der Waals surface area contributed by atoms with Crippen LogP contribution in [0.25, 0.3) is 10.8 Å². The van der Waals surface area contributed by atoms with Gasteiger partial charge in [-0.15, -0.1) is 0 Å². The molecular weight excluding hydrogens is 406 g/mol. The zero-order valence-corrected chi connectivity index (χ0v) is 17.5. The Hall–Kier alpha value is -3.71. The highest BCUT2D eigenvalue weighted by Crippen LogP contribution is 2.36. The summed E-state index contributed by atoms with van der Waals surface area (Å²) in [7, 11) is 0. The number of hydrogen-bond acceptors (Lipinski definition) is 5. The Morgan fingerprint density at radius 3 is 2.19 bits per heavy atom. The summed E-state index contributed by atoms with van der Waals surface area (Å²) in [6.07, 6.45) is 0. The summed E-state index contributed by atoms with van der Waals surface area (Å²) in [4.78, 5) is 43.7. The lowest BCUT2D eigenvalue weighted by atomic mass is 9.92. The van der Waals surface area contributed by atoms with Crippen LogP contribution in [-0.4, -0.2) is 72.0 Å². The van der Waals surface area contributed by atoms with Gasteiger partial charge in [-0.3, -0.25) is 19.3 Å². The van der Waals surface area contributed by atoms with E-state index in [1.807, 2.05) is 53.4 Å². The van der Waals surface area contributed by atoms with Crippen LogP contribution in [0.4, 0.5) is 5.69 Å². The van der Waals surface area contributed by atoms with Gasteiger partial charge in [-0.05, 0) is 30.3 Å². The highest BCUT2D eigenvalue weighted by atomic mass is 16.3. The molecule has 3 aromatic carbocycles. The summed E-state index contributed by atoms with van der Waals surface area (Å²) in [5.41, 5.74) is 2.59. The van der Waals surface area contributed by atoms with Crippen molar-refractivity contribution in [2.24, 2.45) is 0 Å². The molecule has 32 heavy (non-hydrogen) atoms. The monoisotopic (exact) mass is 429 g/mol. The van der Waals surface area contributed by atoms with Crippen molar-refractivity contribution in [1.82, 2.24) is 9.80 Å². The first-order valence-electron chi connectivity index (χ1n) is 10.7. The molecule has 0 unspecified atom stereocenters. The van der Waals surface area contributed by atoms with Crippen LogP contribution in [-0.2, 0) is 0 Å². The van der Waals surface area contributed by atoms with Crippen LogP contribution in [0.2, 0.25) is 0 Å². The number of β-amino-alcohol motifs (C(OH)–C–C–N with tert-alkyl or cyclic N) is 1. The van der Waals surface area contributed by atoms with Crippen LogP contribution in [0.5, 0.6) is 0 Å². The number of hydrogen-bond donors (Lipinski definition) is 1. The lowest BCUT2D eigenvalue weighted by Crippen LogP contribution is -2.49. The van der Waals surface area contributed by atoms with Gasteiger partial charge in [0.15, 0.2) is 0 Å². The van der Waals surface area contributed by atoms with E-state index in [0.717, 1.165) is 16.0 Å². The van der Waals surface area contributed by atoms with E-state index in [4.69, 9.17) is 0 Å². The van der Waals surface area contributed by atoms with Gasteiger partial charge in [0.05, 0.1) is 13.2 Å². The number of piperazine rings is 1. The zero-order valence-electron chi connectivity index (χ0n) is 17.5. The van der Waals surface area contributed by atoms with Gasteiger partial charge < -0.3 is 14.9 Å². The minimum atomic E-state index is -0.377. The van der Waals surface area contributed by atoms with Crippen molar-refractivity contribution in [3.05, 3.63) is 77.4 Å². The Balaban J connectivity index is 1.44. The topological polar surface area (TPSA) is 81.2 Å². The van der Waals surface area contributed by atoms with E-state index in [2.05, 4.69) is 4.90 Å². The van der Waals surface area contributed by atoms with E-state index in [-0.39, 0.29) is 30.9 Å². The molecule has 0 aromatic heterocycles. The summed E-state index contributed by atoms with van der Waals surface area (Å²) in [6, 6.07) is 18.4. The molecule has 0 saturated carbocycles. The van der Waals surface area contributed by atoms with E-state index in [9.17, 15) is 19.5 Å². The highest BCUT2D eigenvalue weighted by molar-refractivity contribution is 6.26. The molecule has 3 aromatic rings. The minimum Gasteiger partial charge on any atom is -0.395 e. The second-order valence-corrected chi connectivity index (χ2v) is 7.99. The third-order valence-electron chi connectivity index (χ3n) is 6.22. The molecule has 1 saturated heterocycles. The molecule has 5 rings (SSSR count). The van der Waals surface area contributed by atoms with E-state index in [0.29, 0.717) is 48.3 Å². The Morgan fingerprint density at radius 1 is 0.812 bits per heavy atom. The van der Waals surface area contributed by atoms with E-state index >= 15 is 0 Å². The van der Waals surface area contributed by atoms with Crippen molar-refractivity contribution >= 4 is 34.2 Å². The molecule has 3 amide bonds. The lowest BCUT2D eigenvalue weighted by Gasteiger charge is -2.37. The van der Waals surface area contributed by atoms with Crippen molar-refractivity contribution in [3.63, 3.8) is 0 Å². The number of rotatable bonds is 4. The second kappa shape index (κ2) is 8.09. The molecule has 1 N–H and O–H groups in total. The van der Waals surface area contributed by atoms with Crippen molar-refractivity contribution in [1.29, 1.82) is 0 Å². The van der Waals surface area contributed by atoms with E-state index in [1.165, 1.54) is 0 Å². The van der Waals surface area contributed by atoms with Crippen LogP contribution in [0.1, 0.15) is 31.1 Å². The zero-order chi connectivity index (χ0) is 22.2. The number of amides is 3. The number of benzene rings is 3. The molecule has 1 fully saturated rings. The van der Waals surface area contributed by atoms with Gasteiger partial charge in [0.25, 0.3) is 17.7 Å². The van der Waals surface area contributed by atoms with Crippen LogP contribution in [0, 0.1) is 0 Å². The second-order valence-electron chi connectivity index (χ2n) is 7.99. The Morgan fingerprint density at radius 2 is 1.50 bits per heavy atom. The number of carbonyl (C=O) groups excluding carboxylic acids is 3. The summed E-state index contributed by atoms with van der Waals surface area (Å²) in [5, 5.41) is 10.8. The van der Waals surface area contributed by atoms with E-state index < -0.39 is 0 Å². The standard InChI is InChI=1S/C25H23N3O4/c29-16-15-28-24(31)19-8-4-7-18-21(10-9-20(22(18)19)25(28)32)26-11-13-27(14-12-26)23(30)17-5-2-1-3-6-17/h1-10,29H,11-16H2. The van der Waals surface area contributed by atoms with Crippen LogP contribution in [0.3, 0.4) is 0 Å². The molecule has 0 radical (unpaired) electrons. The predicted octanol–water partition coefficient (Wildman–Crippen LogP) is 2.39. The third kappa shape index (κ3) is 3.22. The molecule has 7 heteroatoms. The quantitative estimate of drug-likeness (QED) is 0.644. The maximum atomic E-state index is 12.9. The van der Waals surface area contributed by atoms with Gasteiger partial charge in [-0.2, -0.15) is 0 Å². The van der Waals surface area contributed by atoms with Gasteiger partial charge in [-0.1, -0.05) is 30.3 Å². The van der Waals surface area contributed by atoms with Crippen LogP contribution in [0.15, 0.2) is 60.7 Å². The molecule has 0 aliphatic carbocycles. The fourth-order valence-electron chi connectivity index (χ4n) is 4.62. The van der Waals surface area contributed by atoms with Crippen molar-refractivity contribution in [3.8, 4) is 0 Å². The van der Waals surface area contributed by atoms with Gasteiger partial charge in [-0.25, -0.2) is 0 Å². The molecule has 0 bridgehead atoms. The highest BCUT2D eigenvalue weighted by Gasteiger charge is 2.33. The number of imide groups is 1. The van der Waals surface area contributed by atoms with Crippen molar-refractivity contribution in [2.45, 2.75) is 0 Å². The number of anilines is 1. The summed E-state index contributed by atoms with van der Waals surface area (Å²) in [5.74, 6) is -0.725. The molecule has 0 spiro atoms. The predicted molar refractivity (Wildman–Crippen MR) is 121 cm³/mol. The average molecular weight is 429 g/mol. The largest absolute Gasteiger partial charge is 0.395 e. The number of aliphatic hydroxyl groups is 1. The number of aliphatic hydroxyl groups excluding tert-OH is 1. The lowest BCUT2D eigenvalue weighted by molar-refractivity contribution is 0.0579. The summed E-state index contributed by atoms with van der Waals surface area (Å²) in [6.45, 7) is 2.22. The first-order valence-corrected chi connectivity index (χ1v) is 10.7. The maximum Gasteiger partial charge on any atom is 0.261 e. The minimum absolute atomic E-state index is 0.0212. The normalized spacial score (nSPS) is 16.1. The molecule has 162 valence electrons. The SMILES string of the molecule is O=C(c1ccccc1)N1CCN(c2ccc3c4c(cccc24)C(=O)N(CCO)C3=O)CC1. The van der Waals surface area contributed by atoms with E-state index in [1.54, 1.807) is 12.1 Å². The fraction of sp³-hybridized carbons (Fsp3) is 0.240. The summed E-state index contributed by atoms with van der Waals surface area (Å²) >= 11 is 0. The first kappa shape index (κ1) is 20.2. The van der Waals surface area contributed by atoms with Crippen molar-refractivity contribution < 1.29 is 19.5 Å². The molecule has 2 aliphatic heterocycles. The Labute approximate surface area is 185 Å². The Bertz CT molecular complexity index is 1190.